The van der Waals surface area contributed by atoms with Crippen molar-refractivity contribution in [2.45, 2.75) is 31.8 Å². The Balaban J connectivity index is 0.00000280. The number of halogens is 1. The lowest BCUT2D eigenvalue weighted by Crippen LogP contribution is -2.52. The van der Waals surface area contributed by atoms with E-state index in [1.54, 1.807) is 0 Å². The Bertz CT molecular complexity index is 588. The van der Waals surface area contributed by atoms with Crippen LogP contribution in [-0.2, 0) is 0 Å². The summed E-state index contributed by atoms with van der Waals surface area (Å²) in [6, 6.07) is 11.7. The van der Waals surface area contributed by atoms with Gasteiger partial charge in [-0.1, -0.05) is 18.2 Å². The van der Waals surface area contributed by atoms with E-state index in [9.17, 15) is 0 Å². The summed E-state index contributed by atoms with van der Waals surface area (Å²) in [5.74, 6) is 0.970. The molecule has 6 nitrogen and oxygen atoms in total. The minimum Gasteiger partial charge on any atom is -0.371 e. The maximum atomic E-state index is 4.91. The standard InChI is InChI=1S/C21H36N6.HI/c1-4-22-21(23-16-20-17-25(2)14-15-26(20)3)24-18-10-12-27(13-11-18)19-8-6-5-7-9-19;/h5-9,18,20H,4,10-17H2,1-3H3,(H2,22,23,24);1H. The van der Waals surface area contributed by atoms with Crippen LogP contribution in [0.5, 0.6) is 0 Å². The maximum absolute atomic E-state index is 4.91. The van der Waals surface area contributed by atoms with Crippen molar-refractivity contribution < 1.29 is 0 Å². The first-order valence-electron chi connectivity index (χ1n) is 10.4. The van der Waals surface area contributed by atoms with Crippen LogP contribution in [0.25, 0.3) is 0 Å². The van der Waals surface area contributed by atoms with E-state index in [2.05, 4.69) is 76.7 Å². The van der Waals surface area contributed by atoms with E-state index in [1.165, 1.54) is 5.69 Å². The van der Waals surface area contributed by atoms with Gasteiger partial charge in [0.1, 0.15) is 0 Å². The minimum atomic E-state index is 0. The molecule has 0 spiro atoms. The number of para-hydroxylation sites is 1. The summed E-state index contributed by atoms with van der Waals surface area (Å²) < 4.78 is 0. The Hall–Kier alpha value is -1.06. The van der Waals surface area contributed by atoms with Gasteiger partial charge in [0.15, 0.2) is 5.96 Å². The number of benzene rings is 1. The zero-order chi connectivity index (χ0) is 19.1. The number of nitrogens with one attached hydrogen (secondary N) is 2. The van der Waals surface area contributed by atoms with E-state index < -0.39 is 0 Å². The third-order valence-corrected chi connectivity index (χ3v) is 5.74. The monoisotopic (exact) mass is 500 g/mol. The van der Waals surface area contributed by atoms with Gasteiger partial charge in [-0.05, 0) is 46.0 Å². The lowest BCUT2D eigenvalue weighted by Gasteiger charge is -2.37. The second-order valence-electron chi connectivity index (χ2n) is 7.86. The summed E-state index contributed by atoms with van der Waals surface area (Å²) in [4.78, 5) is 12.2. The van der Waals surface area contributed by atoms with E-state index in [4.69, 9.17) is 4.99 Å². The summed E-state index contributed by atoms with van der Waals surface area (Å²) in [6.45, 7) is 9.43. The molecule has 0 bridgehead atoms. The van der Waals surface area contributed by atoms with Gasteiger partial charge in [-0.15, -0.1) is 24.0 Å². The van der Waals surface area contributed by atoms with E-state index >= 15 is 0 Å². The fourth-order valence-corrected chi connectivity index (χ4v) is 3.93. The molecular weight excluding hydrogens is 463 g/mol. The van der Waals surface area contributed by atoms with Gasteiger partial charge in [0.25, 0.3) is 0 Å². The molecule has 0 aliphatic carbocycles. The molecule has 2 N–H and O–H groups in total. The number of guanidine groups is 1. The Labute approximate surface area is 187 Å². The number of anilines is 1. The average molecular weight is 500 g/mol. The van der Waals surface area contributed by atoms with Gasteiger partial charge in [0.05, 0.1) is 6.54 Å². The van der Waals surface area contributed by atoms with Crippen LogP contribution >= 0.6 is 24.0 Å². The van der Waals surface area contributed by atoms with E-state index in [-0.39, 0.29) is 24.0 Å². The lowest BCUT2D eigenvalue weighted by molar-refractivity contribution is 0.119. The molecule has 1 aromatic rings. The van der Waals surface area contributed by atoms with Gasteiger partial charge in [-0.25, -0.2) is 0 Å². The van der Waals surface area contributed by atoms with E-state index in [0.717, 1.165) is 64.6 Å². The average Bonchev–Trinajstić information content (AvgIpc) is 2.70. The van der Waals surface area contributed by atoms with Gasteiger partial charge >= 0.3 is 0 Å². The molecular formula is C21H37IN6. The number of piperazine rings is 1. The van der Waals surface area contributed by atoms with Crippen molar-refractivity contribution in [2.24, 2.45) is 4.99 Å². The maximum Gasteiger partial charge on any atom is 0.191 e. The molecule has 2 heterocycles. The molecule has 1 unspecified atom stereocenters. The second kappa shape index (κ2) is 11.8. The molecule has 0 aromatic heterocycles. The predicted octanol–water partition coefficient (Wildman–Crippen LogP) is 2.07. The molecule has 0 amide bonds. The Kier molecular flexibility index (Phi) is 9.81. The summed E-state index contributed by atoms with van der Waals surface area (Å²) in [7, 11) is 4.42. The van der Waals surface area contributed by atoms with Crippen molar-refractivity contribution in [3.05, 3.63) is 30.3 Å². The third-order valence-electron chi connectivity index (χ3n) is 5.74. The number of aliphatic imine (C=N–C) groups is 1. The molecule has 1 aromatic carbocycles. The summed E-state index contributed by atoms with van der Waals surface area (Å²) >= 11 is 0. The van der Waals surface area contributed by atoms with Crippen LogP contribution < -0.4 is 15.5 Å². The number of hydrogen-bond donors (Lipinski definition) is 2. The fraction of sp³-hybridized carbons (Fsp3) is 0.667. The number of rotatable bonds is 5. The molecule has 2 fully saturated rings. The van der Waals surface area contributed by atoms with Gasteiger partial charge < -0.3 is 20.4 Å². The van der Waals surface area contributed by atoms with Crippen LogP contribution in [0.3, 0.4) is 0 Å². The highest BCUT2D eigenvalue weighted by atomic mass is 127. The Morgan fingerprint density at radius 2 is 1.79 bits per heavy atom. The van der Waals surface area contributed by atoms with Crippen molar-refractivity contribution in [3.63, 3.8) is 0 Å². The first-order chi connectivity index (χ1) is 13.2. The third kappa shape index (κ3) is 6.77. The molecule has 1 atom stereocenters. The van der Waals surface area contributed by atoms with E-state index in [0.29, 0.717) is 12.1 Å². The molecule has 3 rings (SSSR count). The molecule has 0 radical (unpaired) electrons. The molecule has 158 valence electrons. The van der Waals surface area contributed by atoms with Crippen LogP contribution in [0.15, 0.2) is 35.3 Å². The summed E-state index contributed by atoms with van der Waals surface area (Å²) in [6.07, 6.45) is 2.29. The first-order valence-corrected chi connectivity index (χ1v) is 10.4. The molecule has 2 aliphatic rings. The number of likely N-dealkylation sites (N-methyl/N-ethyl adjacent to an activating group) is 2. The molecule has 2 aliphatic heterocycles. The zero-order valence-corrected chi connectivity index (χ0v) is 19.9. The highest BCUT2D eigenvalue weighted by Crippen LogP contribution is 2.19. The first kappa shape index (κ1) is 23.2. The van der Waals surface area contributed by atoms with Crippen LogP contribution in [0.2, 0.25) is 0 Å². The van der Waals surface area contributed by atoms with Crippen molar-refractivity contribution in [3.8, 4) is 0 Å². The van der Waals surface area contributed by atoms with Crippen molar-refractivity contribution in [1.82, 2.24) is 20.4 Å². The Morgan fingerprint density at radius 3 is 2.46 bits per heavy atom. The predicted molar refractivity (Wildman–Crippen MR) is 130 cm³/mol. The van der Waals surface area contributed by atoms with Gasteiger partial charge in [0.2, 0.25) is 0 Å². The summed E-state index contributed by atoms with van der Waals surface area (Å²) in [5.41, 5.74) is 1.33. The molecule has 2 saturated heterocycles. The SMILES string of the molecule is CCNC(=NCC1CN(C)CCN1C)NC1CCN(c2ccccc2)CC1.I. The molecule has 0 saturated carbocycles. The van der Waals surface area contributed by atoms with Gasteiger partial charge in [0, 0.05) is 57.0 Å². The number of hydrogen-bond acceptors (Lipinski definition) is 4. The smallest absolute Gasteiger partial charge is 0.191 e. The van der Waals surface area contributed by atoms with Crippen LogP contribution in [0, 0.1) is 0 Å². The van der Waals surface area contributed by atoms with Crippen molar-refractivity contribution in [2.75, 3.05) is 64.8 Å². The van der Waals surface area contributed by atoms with Crippen LogP contribution in [0.1, 0.15) is 19.8 Å². The quantitative estimate of drug-likeness (QED) is 0.369. The Morgan fingerprint density at radius 1 is 1.07 bits per heavy atom. The second-order valence-corrected chi connectivity index (χ2v) is 7.86. The number of piperidine rings is 1. The highest BCUT2D eigenvalue weighted by Gasteiger charge is 2.23. The largest absolute Gasteiger partial charge is 0.371 e. The molecule has 7 heteroatoms. The van der Waals surface area contributed by atoms with Crippen LogP contribution in [0.4, 0.5) is 5.69 Å². The summed E-state index contributed by atoms with van der Waals surface area (Å²) in [5, 5.41) is 7.11. The minimum absolute atomic E-state index is 0. The van der Waals surface area contributed by atoms with Gasteiger partial charge in [-0.2, -0.15) is 0 Å². The van der Waals surface area contributed by atoms with E-state index in [1.807, 2.05) is 0 Å². The highest BCUT2D eigenvalue weighted by molar-refractivity contribution is 14.0. The number of nitrogens with zero attached hydrogens (tertiary/aromatic N) is 4. The van der Waals surface area contributed by atoms with Crippen molar-refractivity contribution >= 4 is 35.6 Å². The van der Waals surface area contributed by atoms with Gasteiger partial charge in [-0.3, -0.25) is 9.89 Å². The lowest BCUT2D eigenvalue weighted by atomic mass is 10.0. The normalized spacial score (nSPS) is 22.6. The molecule has 28 heavy (non-hydrogen) atoms. The zero-order valence-electron chi connectivity index (χ0n) is 17.6. The topological polar surface area (TPSA) is 46.1 Å². The fourth-order valence-electron chi connectivity index (χ4n) is 3.93. The van der Waals surface area contributed by atoms with Crippen molar-refractivity contribution in [1.29, 1.82) is 0 Å². The van der Waals surface area contributed by atoms with Crippen LogP contribution in [-0.4, -0.2) is 87.8 Å².